The van der Waals surface area contributed by atoms with Crippen LogP contribution in [0, 0.1) is 195 Å². The summed E-state index contributed by atoms with van der Waals surface area (Å²) >= 11 is 0. The standard InChI is InChI=1S/3C25H38N2O2.C24H35N3O4/c3*1-16-13-26-27(14-16)15-23(28)22-7-6-21-20-5-4-17-12-24(2,29)10-8-18(17)19(20)9-11-25(21,22)3;1-23(29)9-7-17-15(11-23)3-4-19-18(17)8-10-24(2)20(19)5-6-21(24)22(28)14-26-13-16(12-25-26)27(30)31/h3*13-14,17-22,29H,4-12,15H2,1-3H3;12-13,15,17-21,29H,3-11,14H2,1-2H3/t3*17-,18-,19+,20+,21-,22+,24+,25-;15-,17-,18+,19+,20-,21+,23+,24-/m0000/s1. The molecule has 4 heterocycles. The number of aliphatic hydroxyl groups is 4. The van der Waals surface area contributed by atoms with Gasteiger partial charge in [0.05, 0.1) is 65.6 Å². The van der Waals surface area contributed by atoms with Crippen LogP contribution in [0.2, 0.25) is 0 Å². The lowest BCUT2D eigenvalue weighted by Crippen LogP contribution is -2.51. The number of fused-ring (bicyclic) bond motifs is 20. The topological polar surface area (TPSA) is 264 Å². The van der Waals surface area contributed by atoms with Crippen molar-refractivity contribution in [2.75, 3.05) is 0 Å². The molecule has 19 heteroatoms. The van der Waals surface area contributed by atoms with E-state index < -0.39 is 27.3 Å². The average Bonchev–Trinajstić information content (AvgIpc) is 1.55. The first-order valence-electron chi connectivity index (χ1n) is 48.1. The predicted octanol–water partition coefficient (Wildman–Crippen LogP) is 18.7. The van der Waals surface area contributed by atoms with Crippen molar-refractivity contribution >= 4 is 28.8 Å². The number of Topliss-reactive ketones (excluding diaryl/α,β-unsaturated/α-hetero) is 4. The number of hydrogen-bond acceptors (Lipinski definition) is 14. The molecule has 19 nitrogen and oxygen atoms in total. The molecule has 32 atom stereocenters. The van der Waals surface area contributed by atoms with E-state index in [2.05, 4.69) is 48.1 Å². The third-order valence-corrected chi connectivity index (χ3v) is 38.9. The Morgan fingerprint density at radius 3 is 0.771 bits per heavy atom. The number of aryl methyl sites for hydroxylation is 3. The van der Waals surface area contributed by atoms with E-state index in [0.717, 1.165) is 214 Å². The molecule has 0 aromatic carbocycles. The minimum Gasteiger partial charge on any atom is -0.390 e. The largest absolute Gasteiger partial charge is 0.390 e. The summed E-state index contributed by atoms with van der Waals surface area (Å²) in [5, 5.41) is 70.3. The fraction of sp³-hybridized carbons (Fsp3) is 0.838. The third kappa shape index (κ3) is 16.2. The number of aromatic nitrogens is 8. The van der Waals surface area contributed by atoms with Gasteiger partial charge in [-0.2, -0.15) is 20.4 Å². The molecule has 16 aliphatic carbocycles. The van der Waals surface area contributed by atoms with Crippen molar-refractivity contribution in [3.8, 4) is 0 Å². The number of carbonyl (C=O) groups excluding carboxylic acids is 4. The Morgan fingerprint density at radius 2 is 0.551 bits per heavy atom. The quantitative estimate of drug-likeness (QED) is 0.0717. The number of nitro groups is 1. The third-order valence-electron chi connectivity index (χ3n) is 38.9. The van der Waals surface area contributed by atoms with Crippen LogP contribution in [0.4, 0.5) is 5.69 Å². The summed E-state index contributed by atoms with van der Waals surface area (Å²) < 4.78 is 6.93. The lowest BCUT2D eigenvalue weighted by molar-refractivity contribution is -0.385. The van der Waals surface area contributed by atoms with Crippen LogP contribution in [0.5, 0.6) is 0 Å². The van der Waals surface area contributed by atoms with Crippen LogP contribution in [0.15, 0.2) is 49.6 Å². The van der Waals surface area contributed by atoms with Gasteiger partial charge in [0.15, 0.2) is 23.1 Å². The van der Waals surface area contributed by atoms with Crippen LogP contribution in [0.3, 0.4) is 0 Å². The first-order chi connectivity index (χ1) is 56.0. The molecule has 20 rings (SSSR count). The Kier molecular flexibility index (Phi) is 23.3. The number of nitrogens with zero attached hydrogens (tertiary/aromatic N) is 9. The van der Waals surface area contributed by atoms with Gasteiger partial charge in [0.25, 0.3) is 0 Å². The first kappa shape index (κ1) is 85.0. The van der Waals surface area contributed by atoms with Crippen LogP contribution >= 0.6 is 0 Å². The van der Waals surface area contributed by atoms with Crippen LogP contribution in [-0.4, -0.2) is 110 Å². The second kappa shape index (κ2) is 32.4. The molecule has 0 saturated heterocycles. The maximum absolute atomic E-state index is 13.3. The van der Waals surface area contributed by atoms with Crippen LogP contribution in [0.25, 0.3) is 0 Å². The van der Waals surface area contributed by atoms with E-state index >= 15 is 0 Å². The Balaban J connectivity index is 0.000000113. The van der Waals surface area contributed by atoms with E-state index in [0.29, 0.717) is 54.7 Å². The summed E-state index contributed by atoms with van der Waals surface area (Å²) in [5.74, 6) is 17.3. The molecule has 0 bridgehead atoms. The minimum atomic E-state index is -0.483. The van der Waals surface area contributed by atoms with Crippen molar-refractivity contribution in [3.63, 3.8) is 0 Å². The zero-order valence-corrected chi connectivity index (χ0v) is 74.0. The van der Waals surface area contributed by atoms with Gasteiger partial charge in [-0.25, -0.2) is 0 Å². The van der Waals surface area contributed by atoms with E-state index in [1.165, 1.54) is 152 Å². The van der Waals surface area contributed by atoms with Gasteiger partial charge in [-0.15, -0.1) is 0 Å². The zero-order valence-electron chi connectivity index (χ0n) is 74.0. The van der Waals surface area contributed by atoms with Crippen molar-refractivity contribution in [1.82, 2.24) is 39.1 Å². The van der Waals surface area contributed by atoms with Crippen molar-refractivity contribution in [2.24, 2.45) is 164 Å². The Morgan fingerprint density at radius 1 is 0.322 bits per heavy atom. The smallest absolute Gasteiger partial charge is 0.307 e. The Bertz CT molecular complexity index is 3990. The zero-order chi connectivity index (χ0) is 83.1. The second-order valence-electron chi connectivity index (χ2n) is 46.1. The molecule has 0 unspecified atom stereocenters. The molecule has 0 spiro atoms. The van der Waals surface area contributed by atoms with Crippen LogP contribution < -0.4 is 0 Å². The molecule has 16 fully saturated rings. The molecule has 650 valence electrons. The number of rotatable bonds is 13. The van der Waals surface area contributed by atoms with E-state index in [9.17, 15) is 49.7 Å². The van der Waals surface area contributed by atoms with Crippen LogP contribution in [-0.2, 0) is 45.4 Å². The summed E-state index contributed by atoms with van der Waals surface area (Å²) in [6.07, 6.45) is 55.9. The van der Waals surface area contributed by atoms with Crippen molar-refractivity contribution < 1.29 is 44.5 Å². The van der Waals surface area contributed by atoms with Gasteiger partial charge in [-0.05, 0) is 436 Å². The van der Waals surface area contributed by atoms with Crippen LogP contribution in [0.1, 0.15) is 303 Å². The summed E-state index contributed by atoms with van der Waals surface area (Å²) in [7, 11) is 0. The van der Waals surface area contributed by atoms with Crippen molar-refractivity contribution in [2.45, 2.75) is 356 Å². The Hall–Kier alpha value is -5.24. The highest BCUT2D eigenvalue weighted by Crippen LogP contribution is 2.70. The van der Waals surface area contributed by atoms with Gasteiger partial charge in [0, 0.05) is 42.3 Å². The van der Waals surface area contributed by atoms with E-state index in [4.69, 9.17) is 0 Å². The lowest BCUT2D eigenvalue weighted by Gasteiger charge is -2.56. The molecule has 4 N–H and O–H groups in total. The molecule has 0 aliphatic heterocycles. The van der Waals surface area contributed by atoms with E-state index in [1.54, 1.807) is 0 Å². The molecule has 4 aromatic rings. The first-order valence-corrected chi connectivity index (χ1v) is 48.1. The molecular weight excluding hydrogens is 1480 g/mol. The van der Waals surface area contributed by atoms with Gasteiger partial charge in [-0.3, -0.25) is 48.0 Å². The van der Waals surface area contributed by atoms with Gasteiger partial charge in [0.2, 0.25) is 0 Å². The lowest BCUT2D eigenvalue weighted by atomic mass is 9.49. The maximum atomic E-state index is 13.3. The van der Waals surface area contributed by atoms with Gasteiger partial charge < -0.3 is 20.4 Å². The van der Waals surface area contributed by atoms with E-state index in [1.807, 2.05) is 99.7 Å². The van der Waals surface area contributed by atoms with Crippen molar-refractivity contribution in [1.29, 1.82) is 0 Å². The summed E-state index contributed by atoms with van der Waals surface area (Å²) in [6.45, 7) is 25.3. The van der Waals surface area contributed by atoms with Gasteiger partial charge in [0.1, 0.15) is 18.9 Å². The van der Waals surface area contributed by atoms with Gasteiger partial charge in [-0.1, -0.05) is 27.7 Å². The highest BCUT2D eigenvalue weighted by atomic mass is 16.6. The highest BCUT2D eigenvalue weighted by Gasteiger charge is 2.64. The molecule has 4 aromatic heterocycles. The summed E-state index contributed by atoms with van der Waals surface area (Å²) in [6, 6.07) is 0. The van der Waals surface area contributed by atoms with E-state index in [-0.39, 0.29) is 63.3 Å². The average molecular weight is 1630 g/mol. The summed E-state index contributed by atoms with van der Waals surface area (Å²) in [4.78, 5) is 63.5. The van der Waals surface area contributed by atoms with Crippen molar-refractivity contribution in [3.05, 3.63) is 76.4 Å². The molecule has 118 heavy (non-hydrogen) atoms. The fourth-order valence-electron chi connectivity index (χ4n) is 33.7. The molecular formula is C99H149N9O10. The van der Waals surface area contributed by atoms with Gasteiger partial charge >= 0.3 is 5.69 Å². The molecule has 0 amide bonds. The molecule has 16 aliphatic rings. The minimum absolute atomic E-state index is 0.0338. The Labute approximate surface area is 704 Å². The normalized spacial score (nSPS) is 46.0. The molecule has 16 saturated carbocycles. The number of carbonyl (C=O) groups is 4. The SMILES string of the molecule is C[C@@]1(O)CC[C@H]2[C@@H](CC[C@@H]3[C@@H]2CC[C@]2(C)[C@@H](C(=O)Cn4cc([N+](=O)[O-])cn4)CC[C@@H]32)C1.Cc1cnn(CC(=O)[C@H]2CC[C@H]3[C@@H]4CC[C@H]5C[C@](C)(O)CC[C@@H]5[C@H]4CC[C@]23C)c1.Cc1cnn(CC(=O)[C@H]2CC[C@H]3[C@@H]4CC[C@H]5C[C@](C)(O)CC[C@@H]5[C@H]4CC[C@]23C)c1.Cc1cnn(CC(=O)[C@H]2CC[C@H]3[C@@H]4CC[C@H]5C[C@](C)(O)CC[C@@H]5[C@H]4CC[C@]23C)c1. The highest BCUT2D eigenvalue weighted by molar-refractivity contribution is 5.84. The summed E-state index contributed by atoms with van der Waals surface area (Å²) in [5.41, 5.74) is 2.12. The number of hydrogen-bond donors (Lipinski definition) is 4. The maximum Gasteiger partial charge on any atom is 0.307 e. The predicted molar refractivity (Wildman–Crippen MR) is 455 cm³/mol. The monoisotopic (exact) mass is 1620 g/mol. The number of ketones is 4. The fourth-order valence-corrected chi connectivity index (χ4v) is 33.7. The molecule has 0 radical (unpaired) electrons. The second-order valence-corrected chi connectivity index (χ2v) is 46.1.